The minimum absolute atomic E-state index is 0.471. The number of nitrogens with zero attached hydrogens (tertiary/aromatic N) is 4. The quantitative estimate of drug-likeness (QED) is 0.521. The lowest BCUT2D eigenvalue weighted by atomic mass is 10.2. The SMILES string of the molecule is CC(=O)OOc1ccc2nc(N3CCN(c4ccncc4)CC3)ccc2c1. The third-order valence-electron chi connectivity index (χ3n) is 4.53. The zero-order chi connectivity index (χ0) is 18.6. The summed E-state index contributed by atoms with van der Waals surface area (Å²) in [5.74, 6) is 0.943. The average Bonchev–Trinajstić information content (AvgIpc) is 2.72. The van der Waals surface area contributed by atoms with Gasteiger partial charge in [0, 0.05) is 56.6 Å². The zero-order valence-corrected chi connectivity index (χ0v) is 15.0. The normalized spacial score (nSPS) is 14.3. The monoisotopic (exact) mass is 364 g/mol. The Balaban J connectivity index is 1.45. The summed E-state index contributed by atoms with van der Waals surface area (Å²) in [4.78, 5) is 33.9. The fourth-order valence-electron chi connectivity index (χ4n) is 3.18. The summed E-state index contributed by atoms with van der Waals surface area (Å²) < 4.78 is 0. The van der Waals surface area contributed by atoms with Crippen LogP contribution in [0.3, 0.4) is 0 Å². The van der Waals surface area contributed by atoms with Gasteiger partial charge < -0.3 is 9.80 Å². The highest BCUT2D eigenvalue weighted by Gasteiger charge is 2.18. The van der Waals surface area contributed by atoms with Crippen molar-refractivity contribution >= 4 is 28.4 Å². The van der Waals surface area contributed by atoms with Crippen LogP contribution < -0.4 is 14.7 Å². The number of fused-ring (bicyclic) bond motifs is 1. The van der Waals surface area contributed by atoms with E-state index in [2.05, 4.69) is 19.7 Å². The molecule has 7 nitrogen and oxygen atoms in total. The Morgan fingerprint density at radius 2 is 1.70 bits per heavy atom. The molecule has 0 aliphatic carbocycles. The average molecular weight is 364 g/mol. The van der Waals surface area contributed by atoms with Crippen molar-refractivity contribution in [3.05, 3.63) is 54.9 Å². The number of benzene rings is 1. The first-order valence-corrected chi connectivity index (χ1v) is 8.85. The zero-order valence-electron chi connectivity index (χ0n) is 15.0. The first kappa shape index (κ1) is 17.1. The minimum atomic E-state index is -0.491. The number of piperazine rings is 1. The number of pyridine rings is 2. The maximum absolute atomic E-state index is 10.8. The molecule has 0 radical (unpaired) electrons. The van der Waals surface area contributed by atoms with Crippen LogP contribution >= 0.6 is 0 Å². The van der Waals surface area contributed by atoms with Crippen LogP contribution in [0.5, 0.6) is 5.75 Å². The fraction of sp³-hybridized carbons (Fsp3) is 0.250. The van der Waals surface area contributed by atoms with Gasteiger partial charge in [-0.05, 0) is 42.5 Å². The third kappa shape index (κ3) is 3.92. The molecule has 27 heavy (non-hydrogen) atoms. The van der Waals surface area contributed by atoms with E-state index in [4.69, 9.17) is 9.87 Å². The van der Waals surface area contributed by atoms with Gasteiger partial charge in [-0.3, -0.25) is 14.8 Å². The summed E-state index contributed by atoms with van der Waals surface area (Å²) in [7, 11) is 0. The van der Waals surface area contributed by atoms with E-state index in [-0.39, 0.29) is 0 Å². The van der Waals surface area contributed by atoms with Gasteiger partial charge in [-0.25, -0.2) is 9.78 Å². The van der Waals surface area contributed by atoms with Crippen molar-refractivity contribution < 1.29 is 14.6 Å². The van der Waals surface area contributed by atoms with Gasteiger partial charge in [0.1, 0.15) is 5.82 Å². The predicted octanol–water partition coefficient (Wildman–Crippen LogP) is 2.81. The van der Waals surface area contributed by atoms with Gasteiger partial charge in [-0.2, -0.15) is 0 Å². The molecule has 0 saturated carbocycles. The smallest absolute Gasteiger partial charge is 0.352 e. The van der Waals surface area contributed by atoms with E-state index in [1.807, 2.05) is 42.7 Å². The Hall–Kier alpha value is -3.35. The number of hydrogen-bond acceptors (Lipinski definition) is 7. The molecule has 0 amide bonds. The summed E-state index contributed by atoms with van der Waals surface area (Å²) in [5.41, 5.74) is 2.08. The predicted molar refractivity (Wildman–Crippen MR) is 103 cm³/mol. The maximum atomic E-state index is 10.8. The van der Waals surface area contributed by atoms with E-state index >= 15 is 0 Å². The standard InChI is InChI=1S/C20H20N4O3/c1-15(25)26-27-18-3-4-19-16(14-18)2-5-20(22-19)24-12-10-23(11-13-24)17-6-8-21-9-7-17/h2-9,14H,10-13H2,1H3. The topological polar surface area (TPSA) is 67.8 Å². The molecule has 0 bridgehead atoms. The molecule has 1 aromatic carbocycles. The number of carbonyl (C=O) groups is 1. The lowest BCUT2D eigenvalue weighted by Crippen LogP contribution is -2.46. The van der Waals surface area contributed by atoms with Crippen LogP contribution in [0.25, 0.3) is 10.9 Å². The highest BCUT2D eigenvalue weighted by molar-refractivity contribution is 5.82. The van der Waals surface area contributed by atoms with Crippen molar-refractivity contribution in [2.75, 3.05) is 36.0 Å². The fourth-order valence-corrected chi connectivity index (χ4v) is 3.18. The molecule has 0 unspecified atom stereocenters. The molecular weight excluding hydrogens is 344 g/mol. The molecule has 7 heteroatoms. The maximum Gasteiger partial charge on any atom is 0.352 e. The third-order valence-corrected chi connectivity index (χ3v) is 4.53. The summed E-state index contributed by atoms with van der Waals surface area (Å²) in [5, 5.41) is 0.929. The van der Waals surface area contributed by atoms with Crippen LogP contribution in [0, 0.1) is 0 Å². The molecule has 0 atom stereocenters. The largest absolute Gasteiger partial charge is 0.368 e. The second kappa shape index (κ2) is 7.49. The second-order valence-electron chi connectivity index (χ2n) is 6.36. The van der Waals surface area contributed by atoms with Crippen LogP contribution in [0.1, 0.15) is 6.92 Å². The van der Waals surface area contributed by atoms with Gasteiger partial charge in [0.05, 0.1) is 5.52 Å². The van der Waals surface area contributed by atoms with Gasteiger partial charge >= 0.3 is 5.97 Å². The van der Waals surface area contributed by atoms with E-state index in [9.17, 15) is 4.79 Å². The van der Waals surface area contributed by atoms with Crippen molar-refractivity contribution in [2.24, 2.45) is 0 Å². The Bertz CT molecular complexity index is 940. The van der Waals surface area contributed by atoms with Crippen molar-refractivity contribution in [2.45, 2.75) is 6.92 Å². The number of hydrogen-bond donors (Lipinski definition) is 0. The first-order chi connectivity index (χ1) is 13.2. The highest BCUT2D eigenvalue weighted by atomic mass is 17.2. The lowest BCUT2D eigenvalue weighted by Gasteiger charge is -2.36. The molecule has 0 spiro atoms. The highest BCUT2D eigenvalue weighted by Crippen LogP contribution is 2.24. The minimum Gasteiger partial charge on any atom is -0.368 e. The number of rotatable bonds is 4. The number of anilines is 2. The van der Waals surface area contributed by atoms with Crippen molar-refractivity contribution in [1.29, 1.82) is 0 Å². The van der Waals surface area contributed by atoms with Crippen LogP contribution in [0.4, 0.5) is 11.5 Å². The van der Waals surface area contributed by atoms with Crippen LogP contribution in [0.2, 0.25) is 0 Å². The molecule has 1 aliphatic rings. The molecule has 3 aromatic rings. The second-order valence-corrected chi connectivity index (χ2v) is 6.36. The summed E-state index contributed by atoms with van der Waals surface area (Å²) >= 11 is 0. The molecule has 1 aliphatic heterocycles. The Morgan fingerprint density at radius 1 is 0.963 bits per heavy atom. The molecule has 3 heterocycles. The van der Waals surface area contributed by atoms with Crippen molar-refractivity contribution in [3.63, 3.8) is 0 Å². The number of aromatic nitrogens is 2. The molecule has 138 valence electrons. The molecule has 0 N–H and O–H groups in total. The Labute approximate surface area is 157 Å². The summed E-state index contributed by atoms with van der Waals surface area (Å²) in [6.45, 7) is 5.00. The molecule has 2 aromatic heterocycles. The molecular formula is C20H20N4O3. The van der Waals surface area contributed by atoms with E-state index in [0.717, 1.165) is 42.9 Å². The first-order valence-electron chi connectivity index (χ1n) is 8.85. The van der Waals surface area contributed by atoms with Crippen molar-refractivity contribution in [1.82, 2.24) is 9.97 Å². The number of carbonyl (C=O) groups excluding carboxylic acids is 1. The van der Waals surface area contributed by atoms with Gasteiger partial charge in [0.15, 0.2) is 5.75 Å². The van der Waals surface area contributed by atoms with Gasteiger partial charge in [-0.15, -0.1) is 0 Å². The lowest BCUT2D eigenvalue weighted by molar-refractivity contribution is -0.210. The summed E-state index contributed by atoms with van der Waals surface area (Å²) in [6, 6.07) is 13.5. The Morgan fingerprint density at radius 3 is 2.44 bits per heavy atom. The Kier molecular flexibility index (Phi) is 4.74. The van der Waals surface area contributed by atoms with Gasteiger partial charge in [-0.1, -0.05) is 0 Å². The van der Waals surface area contributed by atoms with E-state index in [0.29, 0.717) is 5.75 Å². The van der Waals surface area contributed by atoms with Gasteiger partial charge in [0.25, 0.3) is 0 Å². The van der Waals surface area contributed by atoms with Crippen LogP contribution in [0.15, 0.2) is 54.9 Å². The van der Waals surface area contributed by atoms with Gasteiger partial charge in [0.2, 0.25) is 0 Å². The molecule has 1 saturated heterocycles. The molecule has 4 rings (SSSR count). The van der Waals surface area contributed by atoms with Crippen molar-refractivity contribution in [3.8, 4) is 5.75 Å². The summed E-state index contributed by atoms with van der Waals surface area (Å²) in [6.07, 6.45) is 3.65. The van der Waals surface area contributed by atoms with E-state index in [1.165, 1.54) is 12.6 Å². The molecule has 1 fully saturated rings. The van der Waals surface area contributed by atoms with Crippen LogP contribution in [-0.2, 0) is 9.68 Å². The van der Waals surface area contributed by atoms with E-state index < -0.39 is 5.97 Å². The van der Waals surface area contributed by atoms with E-state index in [1.54, 1.807) is 12.1 Å². The van der Waals surface area contributed by atoms with Crippen LogP contribution in [-0.4, -0.2) is 42.1 Å².